The van der Waals surface area contributed by atoms with E-state index in [1.54, 1.807) is 30.0 Å². The van der Waals surface area contributed by atoms with Crippen molar-refractivity contribution in [3.63, 3.8) is 0 Å². The summed E-state index contributed by atoms with van der Waals surface area (Å²) in [6, 6.07) is 22.5. The lowest BCUT2D eigenvalue weighted by molar-refractivity contribution is 0.0831. The number of thioether (sulfide) groups is 1. The van der Waals surface area contributed by atoms with Crippen molar-refractivity contribution in [2.75, 3.05) is 0 Å². The van der Waals surface area contributed by atoms with Crippen LogP contribution in [0.5, 0.6) is 0 Å². The van der Waals surface area contributed by atoms with Crippen molar-refractivity contribution in [3.05, 3.63) is 95.2 Å². The highest BCUT2D eigenvalue weighted by molar-refractivity contribution is 7.98. The van der Waals surface area contributed by atoms with Crippen molar-refractivity contribution in [3.8, 4) is 0 Å². The molecule has 0 radical (unpaired) electrons. The quantitative estimate of drug-likeness (QED) is 0.256. The van der Waals surface area contributed by atoms with Crippen LogP contribution in [0, 0.1) is 6.92 Å². The number of amides is 2. The number of hydrogen-bond acceptors (Lipinski definition) is 5. The molecule has 2 amide bonds. The van der Waals surface area contributed by atoms with Crippen LogP contribution >= 0.6 is 11.8 Å². The summed E-state index contributed by atoms with van der Waals surface area (Å²) < 4.78 is 5.62. The molecular formula is C25H20N4O3S. The number of aryl methyl sites for hydroxylation is 1. The van der Waals surface area contributed by atoms with Crippen molar-refractivity contribution in [1.29, 1.82) is 0 Å². The van der Waals surface area contributed by atoms with E-state index in [0.29, 0.717) is 16.9 Å². The summed E-state index contributed by atoms with van der Waals surface area (Å²) in [6.45, 7) is 1.81. The molecule has 3 N–H and O–H groups in total. The summed E-state index contributed by atoms with van der Waals surface area (Å²) in [5, 5.41) is 1.71. The van der Waals surface area contributed by atoms with Crippen LogP contribution in [0.15, 0.2) is 82.4 Å². The van der Waals surface area contributed by atoms with E-state index in [1.165, 1.54) is 0 Å². The Morgan fingerprint density at radius 2 is 1.67 bits per heavy atom. The number of rotatable bonds is 5. The molecule has 8 heteroatoms. The van der Waals surface area contributed by atoms with Gasteiger partial charge >= 0.3 is 5.91 Å². The first kappa shape index (κ1) is 20.8. The molecule has 0 bridgehead atoms. The van der Waals surface area contributed by atoms with Crippen molar-refractivity contribution < 1.29 is 14.0 Å². The number of H-pyrrole nitrogens is 1. The second-order valence-electron chi connectivity index (χ2n) is 7.51. The summed E-state index contributed by atoms with van der Waals surface area (Å²) in [4.78, 5) is 32.8. The Morgan fingerprint density at radius 1 is 0.939 bits per heavy atom. The molecule has 0 atom stereocenters. The van der Waals surface area contributed by atoms with Gasteiger partial charge in [0.15, 0.2) is 10.9 Å². The van der Waals surface area contributed by atoms with E-state index >= 15 is 0 Å². The SMILES string of the molecule is Cc1c(C(=O)NNC(=O)c2ccc(CSc3nc4ccccc4[nH]3)cc2)oc2ccccc12. The lowest BCUT2D eigenvalue weighted by Gasteiger charge is -2.07. The molecule has 5 rings (SSSR count). The number of hydrazine groups is 1. The maximum absolute atomic E-state index is 12.5. The number of nitrogens with one attached hydrogen (secondary N) is 3. The highest BCUT2D eigenvalue weighted by Gasteiger charge is 2.18. The second-order valence-corrected chi connectivity index (χ2v) is 8.47. The summed E-state index contributed by atoms with van der Waals surface area (Å²) in [7, 11) is 0. The minimum Gasteiger partial charge on any atom is -0.451 e. The van der Waals surface area contributed by atoms with Gasteiger partial charge in [0.2, 0.25) is 0 Å². The number of furan rings is 1. The molecule has 33 heavy (non-hydrogen) atoms. The molecule has 0 saturated carbocycles. The lowest BCUT2D eigenvalue weighted by atomic mass is 10.1. The van der Waals surface area contributed by atoms with Crippen LogP contribution in [0.4, 0.5) is 0 Å². The fraction of sp³-hybridized carbons (Fsp3) is 0.0800. The Balaban J connectivity index is 1.17. The number of benzene rings is 3. The van der Waals surface area contributed by atoms with Crippen LogP contribution in [0.1, 0.15) is 32.0 Å². The first-order valence-corrected chi connectivity index (χ1v) is 11.3. The Hall–Kier alpha value is -4.04. The predicted octanol–water partition coefficient (Wildman–Crippen LogP) is 4.98. The highest BCUT2D eigenvalue weighted by Crippen LogP contribution is 2.25. The van der Waals surface area contributed by atoms with Crippen LogP contribution < -0.4 is 10.9 Å². The monoisotopic (exact) mass is 456 g/mol. The maximum atomic E-state index is 12.5. The number of imidazole rings is 1. The standard InChI is InChI=1S/C25H20N4O3S/c1-15-18-6-2-5-9-21(18)32-22(15)24(31)29-28-23(30)17-12-10-16(11-13-17)14-33-25-26-19-7-3-4-8-20(19)27-25/h2-13H,14H2,1H3,(H,26,27)(H,28,30)(H,29,31). The topological polar surface area (TPSA) is 100 Å². The molecule has 2 heterocycles. The average Bonchev–Trinajstić information content (AvgIpc) is 3.42. The summed E-state index contributed by atoms with van der Waals surface area (Å²) in [6.07, 6.45) is 0. The zero-order valence-electron chi connectivity index (χ0n) is 17.7. The van der Waals surface area contributed by atoms with Crippen molar-refractivity contribution in [2.45, 2.75) is 17.8 Å². The van der Waals surface area contributed by atoms with Gasteiger partial charge in [-0.3, -0.25) is 20.4 Å². The van der Waals surface area contributed by atoms with Gasteiger partial charge in [0, 0.05) is 22.3 Å². The molecule has 0 saturated heterocycles. The maximum Gasteiger partial charge on any atom is 0.305 e. The number of carbonyl (C=O) groups is 2. The van der Waals surface area contributed by atoms with Gasteiger partial charge in [-0.25, -0.2) is 4.98 Å². The van der Waals surface area contributed by atoms with E-state index in [-0.39, 0.29) is 5.76 Å². The third kappa shape index (κ3) is 4.33. The van der Waals surface area contributed by atoms with E-state index < -0.39 is 11.8 Å². The van der Waals surface area contributed by atoms with Gasteiger partial charge in [-0.1, -0.05) is 54.2 Å². The molecule has 0 spiro atoms. The molecule has 7 nitrogen and oxygen atoms in total. The van der Waals surface area contributed by atoms with Gasteiger partial charge in [-0.05, 0) is 42.8 Å². The van der Waals surface area contributed by atoms with Crippen molar-refractivity contribution >= 4 is 45.6 Å². The van der Waals surface area contributed by atoms with Crippen LogP contribution in [0.3, 0.4) is 0 Å². The minimum atomic E-state index is -0.504. The third-order valence-corrected chi connectivity index (χ3v) is 6.24. The summed E-state index contributed by atoms with van der Waals surface area (Å²) >= 11 is 1.59. The van der Waals surface area contributed by atoms with Crippen molar-refractivity contribution in [2.24, 2.45) is 0 Å². The fourth-order valence-corrected chi connectivity index (χ4v) is 4.38. The molecule has 164 valence electrons. The largest absolute Gasteiger partial charge is 0.451 e. The molecule has 0 aliphatic heterocycles. The van der Waals surface area contributed by atoms with Gasteiger partial charge in [0.25, 0.3) is 5.91 Å². The molecule has 0 aliphatic rings. The van der Waals surface area contributed by atoms with Crippen LogP contribution in [0.25, 0.3) is 22.0 Å². The van der Waals surface area contributed by atoms with Gasteiger partial charge in [0.05, 0.1) is 11.0 Å². The highest BCUT2D eigenvalue weighted by atomic mass is 32.2. The second kappa shape index (κ2) is 8.84. The number of aromatic amines is 1. The lowest BCUT2D eigenvalue weighted by Crippen LogP contribution is -2.41. The number of aromatic nitrogens is 2. The minimum absolute atomic E-state index is 0.175. The van der Waals surface area contributed by atoms with Crippen LogP contribution in [-0.2, 0) is 5.75 Å². The molecule has 0 aliphatic carbocycles. The summed E-state index contributed by atoms with van der Waals surface area (Å²) in [5.41, 5.74) is 9.66. The van der Waals surface area contributed by atoms with Gasteiger partial charge < -0.3 is 9.40 Å². The number of carbonyl (C=O) groups excluding carboxylic acids is 2. The van der Waals surface area contributed by atoms with Gasteiger partial charge in [0.1, 0.15) is 5.58 Å². The van der Waals surface area contributed by atoms with E-state index in [1.807, 2.05) is 61.5 Å². The van der Waals surface area contributed by atoms with E-state index in [2.05, 4.69) is 20.8 Å². The van der Waals surface area contributed by atoms with Gasteiger partial charge in [-0.15, -0.1) is 0 Å². The third-order valence-electron chi connectivity index (χ3n) is 5.30. The average molecular weight is 457 g/mol. The first-order chi connectivity index (χ1) is 16.1. The number of fused-ring (bicyclic) bond motifs is 2. The van der Waals surface area contributed by atoms with E-state index in [0.717, 1.165) is 32.7 Å². The van der Waals surface area contributed by atoms with E-state index in [9.17, 15) is 9.59 Å². The van der Waals surface area contributed by atoms with E-state index in [4.69, 9.17) is 4.42 Å². The van der Waals surface area contributed by atoms with Crippen molar-refractivity contribution in [1.82, 2.24) is 20.8 Å². The van der Waals surface area contributed by atoms with Gasteiger partial charge in [-0.2, -0.15) is 0 Å². The zero-order chi connectivity index (χ0) is 22.8. The zero-order valence-corrected chi connectivity index (χ0v) is 18.5. The Bertz CT molecular complexity index is 1440. The normalized spacial score (nSPS) is 11.1. The number of nitrogens with zero attached hydrogens (tertiary/aromatic N) is 1. The number of hydrogen-bond donors (Lipinski definition) is 3. The Kier molecular flexibility index (Phi) is 5.58. The van der Waals surface area contributed by atoms with Crippen LogP contribution in [0.2, 0.25) is 0 Å². The number of para-hydroxylation sites is 3. The Labute approximate surface area is 193 Å². The smallest absolute Gasteiger partial charge is 0.305 e. The Morgan fingerprint density at radius 3 is 2.45 bits per heavy atom. The molecule has 5 aromatic rings. The van der Waals surface area contributed by atoms with Crippen LogP contribution in [-0.4, -0.2) is 21.8 Å². The predicted molar refractivity (Wildman–Crippen MR) is 128 cm³/mol. The molecule has 2 aromatic heterocycles. The molecule has 0 unspecified atom stereocenters. The fourth-order valence-electron chi connectivity index (χ4n) is 3.54. The molecule has 3 aromatic carbocycles. The summed E-state index contributed by atoms with van der Waals surface area (Å²) in [5.74, 6) is -0.0250. The first-order valence-electron chi connectivity index (χ1n) is 10.3. The molecule has 0 fully saturated rings. The molecular weight excluding hydrogens is 436 g/mol.